The summed E-state index contributed by atoms with van der Waals surface area (Å²) in [7, 11) is 0. The monoisotopic (exact) mass is 264 g/mol. The molecule has 18 heavy (non-hydrogen) atoms. The molecule has 3 N–H and O–H groups in total. The van der Waals surface area contributed by atoms with E-state index >= 15 is 0 Å². The van der Waals surface area contributed by atoms with E-state index in [9.17, 15) is 4.79 Å². The van der Waals surface area contributed by atoms with Crippen LogP contribution in [0.1, 0.15) is 5.82 Å². The summed E-state index contributed by atoms with van der Waals surface area (Å²) in [6.45, 7) is 2.03. The first-order valence-electron chi connectivity index (χ1n) is 5.39. The van der Waals surface area contributed by atoms with Crippen molar-refractivity contribution in [1.82, 2.24) is 9.55 Å². The van der Waals surface area contributed by atoms with Gasteiger partial charge in [0.1, 0.15) is 12.4 Å². The average Bonchev–Trinajstić information content (AvgIpc) is 2.70. The van der Waals surface area contributed by atoms with E-state index in [1.165, 1.54) is 0 Å². The van der Waals surface area contributed by atoms with Crippen LogP contribution in [0.3, 0.4) is 0 Å². The SMILES string of the molecule is Cc1nccn1CC(=O)Nc1cc(Cl)ccc1N. The number of hydrogen-bond acceptors (Lipinski definition) is 3. The van der Waals surface area contributed by atoms with Gasteiger partial charge < -0.3 is 15.6 Å². The van der Waals surface area contributed by atoms with Crippen LogP contribution >= 0.6 is 11.6 Å². The van der Waals surface area contributed by atoms with Crippen LogP contribution in [0.25, 0.3) is 0 Å². The molecule has 0 spiro atoms. The molecule has 2 rings (SSSR count). The van der Waals surface area contributed by atoms with Crippen LogP contribution < -0.4 is 11.1 Å². The van der Waals surface area contributed by atoms with Crippen molar-refractivity contribution in [2.45, 2.75) is 13.5 Å². The quantitative estimate of drug-likeness (QED) is 0.834. The summed E-state index contributed by atoms with van der Waals surface area (Å²) in [6, 6.07) is 4.95. The minimum atomic E-state index is -0.176. The first kappa shape index (κ1) is 12.4. The zero-order valence-electron chi connectivity index (χ0n) is 9.85. The van der Waals surface area contributed by atoms with Gasteiger partial charge >= 0.3 is 0 Å². The van der Waals surface area contributed by atoms with E-state index in [1.807, 2.05) is 6.92 Å². The molecule has 0 atom stereocenters. The Labute approximate surface area is 110 Å². The fourth-order valence-corrected chi connectivity index (χ4v) is 1.72. The first-order chi connectivity index (χ1) is 8.56. The lowest BCUT2D eigenvalue weighted by atomic mass is 10.2. The number of hydrogen-bond donors (Lipinski definition) is 2. The molecule has 0 saturated carbocycles. The molecule has 1 heterocycles. The highest BCUT2D eigenvalue weighted by molar-refractivity contribution is 6.31. The lowest BCUT2D eigenvalue weighted by molar-refractivity contribution is -0.116. The van der Waals surface area contributed by atoms with Crippen LogP contribution in [0.15, 0.2) is 30.6 Å². The van der Waals surface area contributed by atoms with Gasteiger partial charge in [-0.15, -0.1) is 0 Å². The van der Waals surface area contributed by atoms with Gasteiger partial charge in [-0.2, -0.15) is 0 Å². The number of nitrogens with two attached hydrogens (primary N) is 1. The Hall–Kier alpha value is -2.01. The summed E-state index contributed by atoms with van der Waals surface area (Å²) in [5.41, 5.74) is 6.75. The smallest absolute Gasteiger partial charge is 0.244 e. The zero-order chi connectivity index (χ0) is 13.1. The van der Waals surface area contributed by atoms with E-state index in [2.05, 4.69) is 10.3 Å². The minimum Gasteiger partial charge on any atom is -0.397 e. The van der Waals surface area contributed by atoms with E-state index < -0.39 is 0 Å². The topological polar surface area (TPSA) is 72.9 Å². The van der Waals surface area contributed by atoms with Gasteiger partial charge in [-0.25, -0.2) is 4.98 Å². The minimum absolute atomic E-state index is 0.176. The maximum atomic E-state index is 11.8. The van der Waals surface area contributed by atoms with Crippen molar-refractivity contribution in [3.8, 4) is 0 Å². The summed E-state index contributed by atoms with van der Waals surface area (Å²) in [6.07, 6.45) is 3.40. The molecule has 5 nitrogen and oxygen atoms in total. The zero-order valence-corrected chi connectivity index (χ0v) is 10.6. The molecule has 0 aliphatic heterocycles. The average molecular weight is 265 g/mol. The number of imidazole rings is 1. The maximum Gasteiger partial charge on any atom is 0.244 e. The molecule has 0 bridgehead atoms. The van der Waals surface area contributed by atoms with Gasteiger partial charge in [0.05, 0.1) is 11.4 Å². The Morgan fingerprint density at radius 2 is 2.33 bits per heavy atom. The van der Waals surface area contributed by atoms with Crippen molar-refractivity contribution < 1.29 is 4.79 Å². The molecule has 1 aromatic heterocycles. The van der Waals surface area contributed by atoms with Crippen molar-refractivity contribution in [2.24, 2.45) is 0 Å². The maximum absolute atomic E-state index is 11.8. The number of halogens is 1. The van der Waals surface area contributed by atoms with Gasteiger partial charge in [0.15, 0.2) is 0 Å². The van der Waals surface area contributed by atoms with Crippen molar-refractivity contribution in [3.05, 3.63) is 41.4 Å². The molecule has 0 radical (unpaired) electrons. The Kier molecular flexibility index (Phi) is 3.53. The second-order valence-electron chi connectivity index (χ2n) is 3.88. The standard InChI is InChI=1S/C12H13ClN4O/c1-8-15-4-5-17(8)7-12(18)16-11-6-9(13)2-3-10(11)14/h2-6H,7,14H2,1H3,(H,16,18). The molecular formula is C12H13ClN4O. The first-order valence-corrected chi connectivity index (χ1v) is 5.76. The molecule has 94 valence electrons. The number of rotatable bonds is 3. The van der Waals surface area contributed by atoms with Gasteiger partial charge in [0.25, 0.3) is 0 Å². The molecule has 1 aromatic carbocycles. The van der Waals surface area contributed by atoms with Crippen LogP contribution in [-0.4, -0.2) is 15.5 Å². The number of nitrogens with zero attached hydrogens (tertiary/aromatic N) is 2. The second-order valence-corrected chi connectivity index (χ2v) is 4.32. The van der Waals surface area contributed by atoms with E-state index in [0.717, 1.165) is 5.82 Å². The summed E-state index contributed by atoms with van der Waals surface area (Å²) in [5.74, 6) is 0.606. The summed E-state index contributed by atoms with van der Waals surface area (Å²) in [4.78, 5) is 15.9. The van der Waals surface area contributed by atoms with Crippen molar-refractivity contribution in [1.29, 1.82) is 0 Å². The molecule has 0 saturated heterocycles. The number of carbonyl (C=O) groups excluding carboxylic acids is 1. The molecule has 0 fully saturated rings. The highest BCUT2D eigenvalue weighted by Crippen LogP contribution is 2.22. The summed E-state index contributed by atoms with van der Waals surface area (Å²) >= 11 is 5.85. The van der Waals surface area contributed by atoms with Gasteiger partial charge in [-0.1, -0.05) is 11.6 Å². The third kappa shape index (κ3) is 2.81. The fourth-order valence-electron chi connectivity index (χ4n) is 1.55. The Morgan fingerprint density at radius 3 is 3.00 bits per heavy atom. The number of nitrogens with one attached hydrogen (secondary N) is 1. The highest BCUT2D eigenvalue weighted by atomic mass is 35.5. The number of aromatic nitrogens is 2. The number of carbonyl (C=O) groups is 1. The molecule has 0 aliphatic carbocycles. The second kappa shape index (κ2) is 5.10. The molecule has 2 aromatic rings. The molecule has 1 amide bonds. The largest absolute Gasteiger partial charge is 0.397 e. The predicted octanol–water partition coefficient (Wildman–Crippen LogP) is 2.07. The van der Waals surface area contributed by atoms with Crippen molar-refractivity contribution in [2.75, 3.05) is 11.1 Å². The molecule has 6 heteroatoms. The third-order valence-electron chi connectivity index (χ3n) is 2.53. The van der Waals surface area contributed by atoms with E-state index in [4.69, 9.17) is 17.3 Å². The number of benzene rings is 1. The van der Waals surface area contributed by atoms with Gasteiger partial charge in [0.2, 0.25) is 5.91 Å². The summed E-state index contributed by atoms with van der Waals surface area (Å²) in [5, 5.41) is 3.25. The van der Waals surface area contributed by atoms with E-state index in [1.54, 1.807) is 35.2 Å². The highest BCUT2D eigenvalue weighted by Gasteiger charge is 2.07. The molecule has 0 unspecified atom stereocenters. The lowest BCUT2D eigenvalue weighted by Gasteiger charge is -2.09. The molecular weight excluding hydrogens is 252 g/mol. The van der Waals surface area contributed by atoms with Crippen LogP contribution in [0.5, 0.6) is 0 Å². The Morgan fingerprint density at radius 1 is 1.56 bits per heavy atom. The number of amides is 1. The number of nitrogen functional groups attached to an aromatic ring is 1. The fraction of sp³-hybridized carbons (Fsp3) is 0.167. The predicted molar refractivity (Wildman–Crippen MR) is 71.5 cm³/mol. The molecule has 0 aliphatic rings. The van der Waals surface area contributed by atoms with Gasteiger partial charge in [0, 0.05) is 17.4 Å². The van der Waals surface area contributed by atoms with Gasteiger partial charge in [-0.05, 0) is 25.1 Å². The van der Waals surface area contributed by atoms with Gasteiger partial charge in [-0.3, -0.25) is 4.79 Å². The lowest BCUT2D eigenvalue weighted by Crippen LogP contribution is -2.19. The van der Waals surface area contributed by atoms with Crippen LogP contribution in [0.2, 0.25) is 5.02 Å². The van der Waals surface area contributed by atoms with E-state index in [0.29, 0.717) is 16.4 Å². The van der Waals surface area contributed by atoms with Crippen molar-refractivity contribution >= 4 is 28.9 Å². The van der Waals surface area contributed by atoms with Crippen LogP contribution in [-0.2, 0) is 11.3 Å². The Balaban J connectivity index is 2.08. The summed E-state index contributed by atoms with van der Waals surface area (Å²) < 4.78 is 1.75. The number of aryl methyl sites for hydroxylation is 1. The Bertz CT molecular complexity index is 579. The normalized spacial score (nSPS) is 10.3. The van der Waals surface area contributed by atoms with Crippen LogP contribution in [0.4, 0.5) is 11.4 Å². The van der Waals surface area contributed by atoms with Crippen molar-refractivity contribution in [3.63, 3.8) is 0 Å². The van der Waals surface area contributed by atoms with Crippen LogP contribution in [0, 0.1) is 6.92 Å². The number of anilines is 2. The van der Waals surface area contributed by atoms with E-state index in [-0.39, 0.29) is 12.5 Å². The third-order valence-corrected chi connectivity index (χ3v) is 2.76.